The first-order valence-electron chi connectivity index (χ1n) is 9.60. The summed E-state index contributed by atoms with van der Waals surface area (Å²) in [6.45, 7) is 0.931. The molecule has 0 aromatic heterocycles. The topological polar surface area (TPSA) is 131 Å². The van der Waals surface area contributed by atoms with Gasteiger partial charge in [0.2, 0.25) is 5.91 Å². The first-order chi connectivity index (χ1) is 15.6. The van der Waals surface area contributed by atoms with Crippen LogP contribution in [0.5, 0.6) is 0 Å². The van der Waals surface area contributed by atoms with Gasteiger partial charge in [0, 0.05) is 10.7 Å². The van der Waals surface area contributed by atoms with Crippen LogP contribution in [0.25, 0.3) is 0 Å². The summed E-state index contributed by atoms with van der Waals surface area (Å²) < 4.78 is 9.31. The minimum atomic E-state index is -1.37. The zero-order chi connectivity index (χ0) is 24.3. The smallest absolute Gasteiger partial charge is 0.337 e. The van der Waals surface area contributed by atoms with E-state index in [1.54, 1.807) is 24.3 Å². The fourth-order valence-corrected chi connectivity index (χ4v) is 3.46. The van der Waals surface area contributed by atoms with Gasteiger partial charge in [0.15, 0.2) is 0 Å². The standard InChI is InChI=1S/C22H20ClN3O7/c1-22(14-4-6-15(23)7-5-14)20(30)26(21(31)25-22)11-17(27)24-16-9-12(18(28)32-2)8-13(10-16)19(29)33-3/h4-10H,11H2,1-3H3,(H,24,27)(H,25,31). The molecule has 1 aliphatic rings. The molecule has 1 fully saturated rings. The van der Waals surface area contributed by atoms with E-state index in [4.69, 9.17) is 11.6 Å². The molecule has 33 heavy (non-hydrogen) atoms. The molecule has 1 atom stereocenters. The Hall–Kier alpha value is -3.92. The molecular weight excluding hydrogens is 454 g/mol. The number of methoxy groups -OCH3 is 2. The van der Waals surface area contributed by atoms with Crippen LogP contribution in [-0.2, 0) is 24.6 Å². The molecule has 1 unspecified atom stereocenters. The Labute approximate surface area is 193 Å². The van der Waals surface area contributed by atoms with Crippen LogP contribution in [0.1, 0.15) is 33.2 Å². The van der Waals surface area contributed by atoms with Gasteiger partial charge >= 0.3 is 18.0 Å². The second kappa shape index (κ2) is 9.29. The van der Waals surface area contributed by atoms with E-state index in [0.717, 1.165) is 4.90 Å². The summed E-state index contributed by atoms with van der Waals surface area (Å²) in [7, 11) is 2.33. The first-order valence-corrected chi connectivity index (χ1v) is 9.98. The lowest BCUT2D eigenvalue weighted by molar-refractivity contribution is -0.133. The van der Waals surface area contributed by atoms with Crippen molar-refractivity contribution in [1.82, 2.24) is 10.2 Å². The number of nitrogens with zero attached hydrogens (tertiary/aromatic N) is 1. The number of nitrogens with one attached hydrogen (secondary N) is 2. The van der Waals surface area contributed by atoms with Crippen molar-refractivity contribution in [3.8, 4) is 0 Å². The van der Waals surface area contributed by atoms with Gasteiger partial charge < -0.3 is 20.1 Å². The van der Waals surface area contributed by atoms with Crippen molar-refractivity contribution in [2.24, 2.45) is 0 Å². The lowest BCUT2D eigenvalue weighted by Crippen LogP contribution is -2.42. The minimum absolute atomic E-state index is 0.000931. The summed E-state index contributed by atoms with van der Waals surface area (Å²) in [6, 6.07) is 9.48. The van der Waals surface area contributed by atoms with Crippen LogP contribution in [0.4, 0.5) is 10.5 Å². The van der Waals surface area contributed by atoms with E-state index in [1.807, 2.05) is 0 Å². The highest BCUT2D eigenvalue weighted by Crippen LogP contribution is 2.29. The summed E-state index contributed by atoms with van der Waals surface area (Å²) in [5, 5.41) is 5.54. The maximum atomic E-state index is 13.0. The predicted octanol–water partition coefficient (Wildman–Crippen LogP) is 2.32. The number of carbonyl (C=O) groups excluding carboxylic acids is 5. The number of carbonyl (C=O) groups is 5. The van der Waals surface area contributed by atoms with Crippen LogP contribution in [0.2, 0.25) is 5.02 Å². The molecule has 1 saturated heterocycles. The lowest BCUT2D eigenvalue weighted by Gasteiger charge is -2.22. The van der Waals surface area contributed by atoms with Gasteiger partial charge in [-0.25, -0.2) is 14.4 Å². The van der Waals surface area contributed by atoms with Crippen molar-refractivity contribution >= 4 is 47.1 Å². The number of anilines is 1. The second-order valence-corrected chi connectivity index (χ2v) is 7.72. The second-order valence-electron chi connectivity index (χ2n) is 7.28. The highest BCUT2D eigenvalue weighted by Gasteiger charge is 2.49. The molecule has 0 saturated carbocycles. The zero-order valence-corrected chi connectivity index (χ0v) is 18.7. The Morgan fingerprint density at radius 1 is 1.00 bits per heavy atom. The van der Waals surface area contributed by atoms with Crippen LogP contribution in [0, 0.1) is 0 Å². The van der Waals surface area contributed by atoms with Crippen molar-refractivity contribution in [2.75, 3.05) is 26.1 Å². The van der Waals surface area contributed by atoms with Crippen molar-refractivity contribution in [1.29, 1.82) is 0 Å². The lowest BCUT2D eigenvalue weighted by atomic mass is 9.92. The number of hydrogen-bond acceptors (Lipinski definition) is 7. The maximum Gasteiger partial charge on any atom is 0.337 e. The molecule has 1 aliphatic heterocycles. The number of amides is 4. The molecule has 1 heterocycles. The third-order valence-corrected chi connectivity index (χ3v) is 5.31. The van der Waals surface area contributed by atoms with E-state index in [2.05, 4.69) is 20.1 Å². The van der Waals surface area contributed by atoms with Crippen molar-refractivity contribution < 1.29 is 33.4 Å². The molecule has 2 N–H and O–H groups in total. The monoisotopic (exact) mass is 473 g/mol. The minimum Gasteiger partial charge on any atom is -0.465 e. The quantitative estimate of drug-likeness (QED) is 0.486. The Morgan fingerprint density at radius 2 is 1.55 bits per heavy atom. The highest BCUT2D eigenvalue weighted by molar-refractivity contribution is 6.30. The maximum absolute atomic E-state index is 13.0. The Kier molecular flexibility index (Phi) is 6.68. The predicted molar refractivity (Wildman–Crippen MR) is 117 cm³/mol. The average Bonchev–Trinajstić information content (AvgIpc) is 3.01. The highest BCUT2D eigenvalue weighted by atomic mass is 35.5. The number of rotatable bonds is 6. The molecule has 2 aromatic carbocycles. The Morgan fingerprint density at radius 3 is 2.06 bits per heavy atom. The van der Waals surface area contributed by atoms with Crippen LogP contribution < -0.4 is 10.6 Å². The van der Waals surface area contributed by atoms with E-state index in [0.29, 0.717) is 10.6 Å². The average molecular weight is 474 g/mol. The number of esters is 2. The number of ether oxygens (including phenoxy) is 2. The summed E-state index contributed by atoms with van der Waals surface area (Å²) in [4.78, 5) is 62.6. The van der Waals surface area contributed by atoms with Gasteiger partial charge in [-0.05, 0) is 42.8 Å². The van der Waals surface area contributed by atoms with Gasteiger partial charge in [-0.3, -0.25) is 14.5 Å². The van der Waals surface area contributed by atoms with Gasteiger partial charge in [-0.1, -0.05) is 23.7 Å². The van der Waals surface area contributed by atoms with E-state index in [-0.39, 0.29) is 16.8 Å². The summed E-state index contributed by atoms with van der Waals surface area (Å²) in [5.74, 6) is -2.81. The van der Waals surface area contributed by atoms with Gasteiger partial charge in [0.05, 0.1) is 25.3 Å². The van der Waals surface area contributed by atoms with E-state index in [9.17, 15) is 24.0 Å². The van der Waals surface area contributed by atoms with E-state index >= 15 is 0 Å². The van der Waals surface area contributed by atoms with Crippen molar-refractivity contribution in [3.63, 3.8) is 0 Å². The molecule has 4 amide bonds. The SMILES string of the molecule is COC(=O)c1cc(NC(=O)CN2C(=O)NC(C)(c3ccc(Cl)cc3)C2=O)cc(C(=O)OC)c1. The number of imide groups is 1. The van der Waals surface area contributed by atoms with E-state index in [1.165, 1.54) is 39.3 Å². The normalized spacial score (nSPS) is 17.4. The molecule has 11 heteroatoms. The molecule has 0 bridgehead atoms. The van der Waals surface area contributed by atoms with Gasteiger partial charge in [0.1, 0.15) is 12.1 Å². The molecule has 10 nitrogen and oxygen atoms in total. The zero-order valence-electron chi connectivity index (χ0n) is 17.9. The number of benzene rings is 2. The van der Waals surface area contributed by atoms with Crippen LogP contribution in [0.3, 0.4) is 0 Å². The molecule has 2 aromatic rings. The van der Waals surface area contributed by atoms with Crippen LogP contribution >= 0.6 is 11.6 Å². The van der Waals surface area contributed by atoms with Crippen molar-refractivity contribution in [2.45, 2.75) is 12.5 Å². The fourth-order valence-electron chi connectivity index (χ4n) is 3.33. The number of hydrogen-bond donors (Lipinski definition) is 2. The summed E-state index contributed by atoms with van der Waals surface area (Å²) in [5.41, 5.74) is -0.787. The fraction of sp³-hybridized carbons (Fsp3) is 0.227. The molecule has 3 rings (SSSR count). The molecular formula is C22H20ClN3O7. The first kappa shape index (κ1) is 23.7. The molecule has 0 aliphatic carbocycles. The van der Waals surface area contributed by atoms with Crippen LogP contribution in [-0.4, -0.2) is 55.4 Å². The summed E-state index contributed by atoms with van der Waals surface area (Å²) >= 11 is 5.89. The number of halogens is 1. The largest absolute Gasteiger partial charge is 0.465 e. The molecule has 0 radical (unpaired) electrons. The summed E-state index contributed by atoms with van der Waals surface area (Å²) in [6.07, 6.45) is 0. The third kappa shape index (κ3) is 4.80. The molecule has 0 spiro atoms. The Balaban J connectivity index is 1.80. The van der Waals surface area contributed by atoms with Gasteiger partial charge in [0.25, 0.3) is 5.91 Å². The molecule has 172 valence electrons. The van der Waals surface area contributed by atoms with Crippen molar-refractivity contribution in [3.05, 3.63) is 64.2 Å². The Bertz CT molecular complexity index is 1110. The number of urea groups is 1. The van der Waals surface area contributed by atoms with Gasteiger partial charge in [-0.2, -0.15) is 0 Å². The van der Waals surface area contributed by atoms with Gasteiger partial charge in [-0.15, -0.1) is 0 Å². The third-order valence-electron chi connectivity index (χ3n) is 5.06. The van der Waals surface area contributed by atoms with E-state index < -0.39 is 41.9 Å². The van der Waals surface area contributed by atoms with Crippen LogP contribution in [0.15, 0.2) is 42.5 Å².